The minimum absolute atomic E-state index is 0.779. The normalized spacial score (nSPS) is 20.3. The van der Waals surface area contributed by atoms with Crippen molar-refractivity contribution in [3.05, 3.63) is 0 Å². The third kappa shape index (κ3) is 3.90. The molecule has 1 atom stereocenters. The monoisotopic (exact) mass is 201 g/mol. The van der Waals surface area contributed by atoms with Gasteiger partial charge in [-0.25, -0.2) is 0 Å². The molecule has 0 aliphatic heterocycles. The van der Waals surface area contributed by atoms with Crippen LogP contribution in [0.15, 0.2) is 0 Å². The van der Waals surface area contributed by atoms with Crippen LogP contribution in [0.25, 0.3) is 0 Å². The Morgan fingerprint density at radius 1 is 1.38 bits per heavy atom. The summed E-state index contributed by atoms with van der Waals surface area (Å²) in [4.78, 5) is 0. The molecule has 1 N–H and O–H groups in total. The summed E-state index contributed by atoms with van der Waals surface area (Å²) in [6, 6.07) is 0.783. The average Bonchev–Trinajstić information content (AvgIpc) is 1.97. The molecule has 0 amide bonds. The average molecular weight is 201 g/mol. The molecule has 1 unspecified atom stereocenters. The van der Waals surface area contributed by atoms with Gasteiger partial charge in [0.1, 0.15) is 0 Å². The lowest BCUT2D eigenvalue weighted by atomic mass is 9.80. The van der Waals surface area contributed by atoms with Crippen LogP contribution in [0, 0.1) is 5.92 Å². The molecule has 13 heavy (non-hydrogen) atoms. The van der Waals surface area contributed by atoms with Gasteiger partial charge in [-0.15, -0.1) is 0 Å². The standard InChI is InChI=1S/C11H23NS/c1-4-12-11(8-13-9(2)3)10-6-5-7-10/h9-12H,4-8H2,1-3H3. The van der Waals surface area contributed by atoms with Crippen LogP contribution in [0.5, 0.6) is 0 Å². The highest BCUT2D eigenvalue weighted by Gasteiger charge is 2.26. The van der Waals surface area contributed by atoms with Gasteiger partial charge in [0.2, 0.25) is 0 Å². The Balaban J connectivity index is 2.20. The van der Waals surface area contributed by atoms with Gasteiger partial charge in [0, 0.05) is 11.8 Å². The van der Waals surface area contributed by atoms with Gasteiger partial charge in [0.05, 0.1) is 0 Å². The van der Waals surface area contributed by atoms with Crippen molar-refractivity contribution < 1.29 is 0 Å². The van der Waals surface area contributed by atoms with Crippen molar-refractivity contribution in [1.82, 2.24) is 5.32 Å². The number of nitrogens with one attached hydrogen (secondary N) is 1. The Hall–Kier alpha value is 0.310. The van der Waals surface area contributed by atoms with Crippen LogP contribution in [0.2, 0.25) is 0 Å². The van der Waals surface area contributed by atoms with Gasteiger partial charge >= 0.3 is 0 Å². The molecule has 0 spiro atoms. The second-order valence-electron chi connectivity index (χ2n) is 4.24. The number of rotatable bonds is 6. The summed E-state index contributed by atoms with van der Waals surface area (Å²) in [5, 5.41) is 4.40. The van der Waals surface area contributed by atoms with E-state index in [9.17, 15) is 0 Å². The summed E-state index contributed by atoms with van der Waals surface area (Å²) in [6.45, 7) is 7.91. The summed E-state index contributed by atoms with van der Waals surface area (Å²) in [6.07, 6.45) is 4.37. The Bertz CT molecular complexity index is 132. The van der Waals surface area contributed by atoms with E-state index in [-0.39, 0.29) is 0 Å². The van der Waals surface area contributed by atoms with Gasteiger partial charge in [-0.05, 0) is 30.6 Å². The van der Waals surface area contributed by atoms with Gasteiger partial charge in [-0.2, -0.15) is 11.8 Å². The highest BCUT2D eigenvalue weighted by Crippen LogP contribution is 2.31. The first-order chi connectivity index (χ1) is 6.24. The molecule has 1 aliphatic carbocycles. The van der Waals surface area contributed by atoms with E-state index < -0.39 is 0 Å². The first-order valence-electron chi connectivity index (χ1n) is 5.59. The minimum atomic E-state index is 0.779. The summed E-state index contributed by atoms with van der Waals surface area (Å²) in [7, 11) is 0. The van der Waals surface area contributed by atoms with E-state index in [1.165, 1.54) is 25.0 Å². The molecule has 2 heteroatoms. The molecule has 0 saturated heterocycles. The van der Waals surface area contributed by atoms with Crippen LogP contribution < -0.4 is 5.32 Å². The molecule has 1 fully saturated rings. The zero-order valence-corrected chi connectivity index (χ0v) is 9.99. The van der Waals surface area contributed by atoms with Crippen molar-refractivity contribution in [3.63, 3.8) is 0 Å². The Labute approximate surface area is 87.1 Å². The topological polar surface area (TPSA) is 12.0 Å². The van der Waals surface area contributed by atoms with E-state index in [2.05, 4.69) is 37.8 Å². The van der Waals surface area contributed by atoms with E-state index in [1.54, 1.807) is 0 Å². The van der Waals surface area contributed by atoms with E-state index >= 15 is 0 Å². The fourth-order valence-corrected chi connectivity index (χ4v) is 2.74. The van der Waals surface area contributed by atoms with E-state index in [0.717, 1.165) is 23.8 Å². The van der Waals surface area contributed by atoms with E-state index in [0.29, 0.717) is 0 Å². The number of hydrogen-bond donors (Lipinski definition) is 1. The highest BCUT2D eigenvalue weighted by atomic mass is 32.2. The first-order valence-corrected chi connectivity index (χ1v) is 6.64. The fourth-order valence-electron chi connectivity index (χ4n) is 1.76. The molecular formula is C11H23NS. The summed E-state index contributed by atoms with van der Waals surface area (Å²) in [5.74, 6) is 2.28. The summed E-state index contributed by atoms with van der Waals surface area (Å²) < 4.78 is 0. The smallest absolute Gasteiger partial charge is 0.0186 e. The van der Waals surface area contributed by atoms with E-state index in [1.807, 2.05) is 0 Å². The van der Waals surface area contributed by atoms with Crippen LogP contribution in [-0.2, 0) is 0 Å². The van der Waals surface area contributed by atoms with Crippen LogP contribution in [-0.4, -0.2) is 23.6 Å². The van der Waals surface area contributed by atoms with Crippen LogP contribution in [0.3, 0.4) is 0 Å². The lowest BCUT2D eigenvalue weighted by molar-refractivity contribution is 0.246. The zero-order valence-electron chi connectivity index (χ0n) is 9.18. The number of hydrogen-bond acceptors (Lipinski definition) is 2. The molecule has 1 nitrogen and oxygen atoms in total. The first kappa shape index (κ1) is 11.4. The van der Waals surface area contributed by atoms with E-state index in [4.69, 9.17) is 0 Å². The molecule has 0 bridgehead atoms. The largest absolute Gasteiger partial charge is 0.313 e. The van der Waals surface area contributed by atoms with Gasteiger partial charge in [0.25, 0.3) is 0 Å². The lowest BCUT2D eigenvalue weighted by Crippen LogP contribution is -2.41. The second-order valence-corrected chi connectivity index (χ2v) is 5.85. The molecule has 1 rings (SSSR count). The number of thioether (sulfide) groups is 1. The maximum atomic E-state index is 3.62. The molecule has 0 heterocycles. The third-order valence-electron chi connectivity index (χ3n) is 2.79. The maximum Gasteiger partial charge on any atom is 0.0186 e. The van der Waals surface area contributed by atoms with Gasteiger partial charge in [-0.1, -0.05) is 27.2 Å². The van der Waals surface area contributed by atoms with Gasteiger partial charge < -0.3 is 5.32 Å². The van der Waals surface area contributed by atoms with Crippen molar-refractivity contribution >= 4 is 11.8 Å². The maximum absolute atomic E-state index is 3.62. The van der Waals surface area contributed by atoms with Crippen LogP contribution in [0.4, 0.5) is 0 Å². The Morgan fingerprint density at radius 2 is 2.08 bits per heavy atom. The molecule has 0 aromatic heterocycles. The van der Waals surface area contributed by atoms with Gasteiger partial charge in [0.15, 0.2) is 0 Å². The minimum Gasteiger partial charge on any atom is -0.313 e. The van der Waals surface area contributed by atoms with Crippen molar-refractivity contribution in [1.29, 1.82) is 0 Å². The molecule has 0 aromatic carbocycles. The van der Waals surface area contributed by atoms with Crippen molar-refractivity contribution in [2.75, 3.05) is 12.3 Å². The molecule has 78 valence electrons. The second kappa shape index (κ2) is 5.92. The summed E-state index contributed by atoms with van der Waals surface area (Å²) >= 11 is 2.09. The fraction of sp³-hybridized carbons (Fsp3) is 1.00. The quantitative estimate of drug-likeness (QED) is 0.709. The van der Waals surface area contributed by atoms with Crippen molar-refractivity contribution in [3.8, 4) is 0 Å². The van der Waals surface area contributed by atoms with Crippen molar-refractivity contribution in [2.24, 2.45) is 5.92 Å². The predicted octanol–water partition coefficient (Wildman–Crippen LogP) is 2.91. The zero-order chi connectivity index (χ0) is 9.68. The van der Waals surface area contributed by atoms with Crippen molar-refractivity contribution in [2.45, 2.75) is 51.3 Å². The van der Waals surface area contributed by atoms with Crippen LogP contribution in [0.1, 0.15) is 40.0 Å². The predicted molar refractivity (Wildman–Crippen MR) is 62.4 cm³/mol. The Kier molecular flexibility index (Phi) is 5.18. The van der Waals surface area contributed by atoms with Crippen LogP contribution >= 0.6 is 11.8 Å². The molecule has 1 aliphatic rings. The molecular weight excluding hydrogens is 178 g/mol. The third-order valence-corrected chi connectivity index (χ3v) is 4.01. The SMILES string of the molecule is CCNC(CSC(C)C)C1CCC1. The Morgan fingerprint density at radius 3 is 2.46 bits per heavy atom. The molecule has 0 radical (unpaired) electrons. The highest BCUT2D eigenvalue weighted by molar-refractivity contribution is 7.99. The summed E-state index contributed by atoms with van der Waals surface area (Å²) in [5.41, 5.74) is 0. The van der Waals surface area contributed by atoms with Gasteiger partial charge in [-0.3, -0.25) is 0 Å². The molecule has 0 aromatic rings. The lowest BCUT2D eigenvalue weighted by Gasteiger charge is -2.34. The molecule has 1 saturated carbocycles.